The molecule has 0 aliphatic heterocycles. The minimum absolute atomic E-state index is 0.191. The van der Waals surface area contributed by atoms with Crippen molar-refractivity contribution in [2.75, 3.05) is 12.9 Å². The van der Waals surface area contributed by atoms with Crippen LogP contribution < -0.4 is 0 Å². The Morgan fingerprint density at radius 1 is 0.949 bits per heavy atom. The molecule has 0 amide bonds. The van der Waals surface area contributed by atoms with E-state index < -0.39 is 33.4 Å². The fourth-order valence-corrected chi connectivity index (χ4v) is 6.66. The summed E-state index contributed by atoms with van der Waals surface area (Å²) in [6.45, 7) is 9.29. The van der Waals surface area contributed by atoms with Crippen molar-refractivity contribution in [3.63, 3.8) is 0 Å². The number of carboxylic acid groups (broad SMARTS) is 1. The van der Waals surface area contributed by atoms with Crippen LogP contribution in [0.1, 0.15) is 60.6 Å². The first-order valence-electron chi connectivity index (χ1n) is 12.9. The van der Waals surface area contributed by atoms with Gasteiger partial charge in [0.15, 0.2) is 0 Å². The molecule has 0 radical (unpaired) electrons. The molecule has 2 N–H and O–H groups in total. The number of aliphatic carboxylic acids is 1. The fourth-order valence-electron chi connectivity index (χ4n) is 6.14. The zero-order valence-corrected chi connectivity index (χ0v) is 24.1. The SMILES string of the molecule is CC1=C(C(C(=O)O)(c2cc(C)cc(C)c2)C(C)(C)CCO)c2cc(F)ccc2C1=Cc1ccc(S(C)=O)cc1. The zero-order chi connectivity index (χ0) is 28.7. The van der Waals surface area contributed by atoms with Gasteiger partial charge in [-0.25, -0.2) is 4.39 Å². The maximum atomic E-state index is 14.8. The van der Waals surface area contributed by atoms with Crippen LogP contribution >= 0.6 is 0 Å². The third kappa shape index (κ3) is 4.92. The number of rotatable bonds is 8. The van der Waals surface area contributed by atoms with E-state index in [1.807, 2.05) is 83.2 Å². The lowest BCUT2D eigenvalue weighted by Gasteiger charge is -2.46. The third-order valence-electron chi connectivity index (χ3n) is 7.95. The lowest BCUT2D eigenvalue weighted by molar-refractivity contribution is -0.146. The van der Waals surface area contributed by atoms with Gasteiger partial charge >= 0.3 is 5.97 Å². The molecule has 0 saturated carbocycles. The van der Waals surface area contributed by atoms with E-state index in [0.29, 0.717) is 21.6 Å². The van der Waals surface area contributed by atoms with Crippen molar-refractivity contribution < 1.29 is 23.6 Å². The minimum atomic E-state index is -1.59. The summed E-state index contributed by atoms with van der Waals surface area (Å²) in [5.41, 5.74) is 4.15. The number of allylic oxidation sites excluding steroid dienone is 2. The Kier molecular flexibility index (Phi) is 7.84. The second kappa shape index (κ2) is 10.7. The summed E-state index contributed by atoms with van der Waals surface area (Å²) in [5, 5.41) is 21.3. The lowest BCUT2D eigenvalue weighted by atomic mass is 9.55. The van der Waals surface area contributed by atoms with Gasteiger partial charge in [-0.3, -0.25) is 9.00 Å². The van der Waals surface area contributed by atoms with E-state index in [4.69, 9.17) is 0 Å². The van der Waals surface area contributed by atoms with Gasteiger partial charge in [0.25, 0.3) is 0 Å². The van der Waals surface area contributed by atoms with Crippen LogP contribution in [0.2, 0.25) is 0 Å². The van der Waals surface area contributed by atoms with Gasteiger partial charge in [-0.1, -0.05) is 61.4 Å². The topological polar surface area (TPSA) is 74.6 Å². The van der Waals surface area contributed by atoms with Crippen LogP contribution in [0.25, 0.3) is 17.2 Å². The maximum absolute atomic E-state index is 14.8. The van der Waals surface area contributed by atoms with E-state index in [0.717, 1.165) is 33.4 Å². The van der Waals surface area contributed by atoms with E-state index in [2.05, 4.69) is 0 Å². The van der Waals surface area contributed by atoms with E-state index in [9.17, 15) is 23.6 Å². The van der Waals surface area contributed by atoms with Crippen molar-refractivity contribution in [2.24, 2.45) is 5.41 Å². The standard InChI is InChI=1S/C33H35FO4S/c1-20-15-21(2)17-24(16-20)33(31(36)37,32(4,5)13-14-35)30-22(3)28(27-12-9-25(34)19-29(27)30)18-23-7-10-26(11-8-23)39(6)38/h7-12,15-19,35H,13-14H2,1-6H3,(H,36,37). The molecule has 6 heteroatoms. The summed E-state index contributed by atoms with van der Waals surface area (Å²) < 4.78 is 26.7. The first-order chi connectivity index (χ1) is 18.3. The van der Waals surface area contributed by atoms with Crippen LogP contribution in [0, 0.1) is 25.1 Å². The van der Waals surface area contributed by atoms with Crippen LogP contribution in [0.3, 0.4) is 0 Å². The Labute approximate surface area is 232 Å². The second-order valence-electron chi connectivity index (χ2n) is 11.1. The Morgan fingerprint density at radius 3 is 2.10 bits per heavy atom. The second-order valence-corrected chi connectivity index (χ2v) is 12.4. The van der Waals surface area contributed by atoms with Gasteiger partial charge in [-0.05, 0) is 102 Å². The number of hydrogen-bond acceptors (Lipinski definition) is 3. The van der Waals surface area contributed by atoms with E-state index >= 15 is 0 Å². The van der Waals surface area contributed by atoms with Gasteiger partial charge in [-0.15, -0.1) is 0 Å². The highest BCUT2D eigenvalue weighted by Gasteiger charge is 2.57. The molecule has 0 heterocycles. The number of halogens is 1. The maximum Gasteiger partial charge on any atom is 0.319 e. The number of carbonyl (C=O) groups is 1. The quantitative estimate of drug-likeness (QED) is 0.321. The van der Waals surface area contributed by atoms with Crippen LogP contribution in [0.4, 0.5) is 4.39 Å². The largest absolute Gasteiger partial charge is 0.480 e. The van der Waals surface area contributed by atoms with Crippen molar-refractivity contribution in [1.82, 2.24) is 0 Å². The van der Waals surface area contributed by atoms with E-state index in [1.54, 1.807) is 12.3 Å². The molecule has 1 aliphatic carbocycles. The molecule has 1 aliphatic rings. The average Bonchev–Trinajstić information content (AvgIpc) is 3.09. The molecule has 0 spiro atoms. The number of benzene rings is 3. The number of hydrogen-bond donors (Lipinski definition) is 2. The summed E-state index contributed by atoms with van der Waals surface area (Å²) in [5.74, 6) is -1.50. The number of aliphatic hydroxyl groups excluding tert-OH is 1. The Hall–Kier alpha value is -3.35. The van der Waals surface area contributed by atoms with Crippen LogP contribution in [-0.4, -0.2) is 33.3 Å². The highest BCUT2D eigenvalue weighted by Crippen LogP contribution is 2.59. The first kappa shape index (κ1) is 28.7. The summed E-state index contributed by atoms with van der Waals surface area (Å²) >= 11 is 0. The smallest absolute Gasteiger partial charge is 0.319 e. The third-order valence-corrected chi connectivity index (χ3v) is 8.88. The summed E-state index contributed by atoms with van der Waals surface area (Å²) in [6, 6.07) is 17.7. The summed E-state index contributed by atoms with van der Waals surface area (Å²) in [7, 11) is -1.10. The van der Waals surface area contributed by atoms with Crippen LogP contribution in [-0.2, 0) is 21.0 Å². The van der Waals surface area contributed by atoms with Crippen molar-refractivity contribution in [1.29, 1.82) is 0 Å². The van der Waals surface area contributed by atoms with Gasteiger partial charge in [0.05, 0.1) is 0 Å². The van der Waals surface area contributed by atoms with Gasteiger partial charge in [0.2, 0.25) is 0 Å². The number of aliphatic hydroxyl groups is 1. The molecule has 3 aromatic rings. The number of fused-ring (bicyclic) bond motifs is 1. The Morgan fingerprint density at radius 2 is 1.56 bits per heavy atom. The molecule has 0 aromatic heterocycles. The highest BCUT2D eigenvalue weighted by molar-refractivity contribution is 7.84. The molecular weight excluding hydrogens is 511 g/mol. The molecule has 39 heavy (non-hydrogen) atoms. The monoisotopic (exact) mass is 546 g/mol. The van der Waals surface area contributed by atoms with Gasteiger partial charge in [-0.2, -0.15) is 0 Å². The predicted octanol–water partition coefficient (Wildman–Crippen LogP) is 6.94. The predicted molar refractivity (Wildman–Crippen MR) is 156 cm³/mol. The molecule has 0 fully saturated rings. The van der Waals surface area contributed by atoms with Gasteiger partial charge < -0.3 is 10.2 Å². The molecule has 4 nitrogen and oxygen atoms in total. The van der Waals surface area contributed by atoms with Crippen LogP contribution in [0.15, 0.2) is 71.1 Å². The average molecular weight is 547 g/mol. The first-order valence-corrected chi connectivity index (χ1v) is 14.5. The molecule has 0 bridgehead atoms. The minimum Gasteiger partial charge on any atom is -0.480 e. The Balaban J connectivity index is 2.12. The van der Waals surface area contributed by atoms with Gasteiger partial charge in [0, 0.05) is 28.6 Å². The number of aryl methyl sites for hydroxylation is 2. The van der Waals surface area contributed by atoms with Gasteiger partial charge in [0.1, 0.15) is 11.2 Å². The van der Waals surface area contributed by atoms with Crippen molar-refractivity contribution >= 4 is 34.0 Å². The molecule has 3 aromatic carbocycles. The van der Waals surface area contributed by atoms with E-state index in [1.165, 1.54) is 12.1 Å². The molecular formula is C33H35FO4S. The summed E-state index contributed by atoms with van der Waals surface area (Å²) in [6.07, 6.45) is 3.82. The molecule has 4 rings (SSSR count). The molecule has 0 saturated heterocycles. The van der Waals surface area contributed by atoms with Crippen LogP contribution in [0.5, 0.6) is 0 Å². The van der Waals surface area contributed by atoms with E-state index in [-0.39, 0.29) is 13.0 Å². The molecule has 2 unspecified atom stereocenters. The molecule has 204 valence electrons. The fraction of sp³-hybridized carbons (Fsp3) is 0.303. The van der Waals surface area contributed by atoms with Crippen molar-refractivity contribution in [2.45, 2.75) is 51.3 Å². The highest BCUT2D eigenvalue weighted by atomic mass is 32.2. The molecule has 2 atom stereocenters. The lowest BCUT2D eigenvalue weighted by Crippen LogP contribution is -2.50. The van der Waals surface area contributed by atoms with Crippen molar-refractivity contribution in [3.8, 4) is 0 Å². The van der Waals surface area contributed by atoms with Crippen molar-refractivity contribution in [3.05, 3.63) is 105 Å². The summed E-state index contributed by atoms with van der Waals surface area (Å²) in [4.78, 5) is 14.4. The number of carboxylic acids is 1. The normalized spacial score (nSPS) is 16.8. The zero-order valence-electron chi connectivity index (χ0n) is 23.3. The Bertz CT molecular complexity index is 1510.